The SMILES string of the molecule is c1ccc(CCOC2CCNCC2)cc1. The van der Waals surface area contributed by atoms with Crippen LogP contribution in [-0.4, -0.2) is 25.8 Å². The third-order valence-corrected chi connectivity index (χ3v) is 2.87. The van der Waals surface area contributed by atoms with Crippen molar-refractivity contribution >= 4 is 0 Å². The third-order valence-electron chi connectivity index (χ3n) is 2.87. The number of piperidine rings is 1. The van der Waals surface area contributed by atoms with E-state index in [0.717, 1.165) is 39.0 Å². The molecule has 2 heteroatoms. The highest BCUT2D eigenvalue weighted by Crippen LogP contribution is 2.08. The van der Waals surface area contributed by atoms with Gasteiger partial charge >= 0.3 is 0 Å². The number of rotatable bonds is 4. The van der Waals surface area contributed by atoms with Crippen molar-refractivity contribution in [3.63, 3.8) is 0 Å². The minimum absolute atomic E-state index is 0.481. The lowest BCUT2D eigenvalue weighted by Gasteiger charge is -2.22. The number of hydrogen-bond donors (Lipinski definition) is 1. The lowest BCUT2D eigenvalue weighted by atomic mass is 10.1. The Bertz CT molecular complexity index is 267. The van der Waals surface area contributed by atoms with Crippen LogP contribution in [0.25, 0.3) is 0 Å². The fourth-order valence-corrected chi connectivity index (χ4v) is 1.95. The summed E-state index contributed by atoms with van der Waals surface area (Å²) < 4.78 is 5.85. The van der Waals surface area contributed by atoms with Gasteiger partial charge in [0.1, 0.15) is 0 Å². The summed E-state index contributed by atoms with van der Waals surface area (Å²) in [6, 6.07) is 10.5. The van der Waals surface area contributed by atoms with E-state index in [2.05, 4.69) is 35.6 Å². The number of hydrogen-bond acceptors (Lipinski definition) is 2. The van der Waals surface area contributed by atoms with Gasteiger partial charge in [0, 0.05) is 0 Å². The van der Waals surface area contributed by atoms with E-state index >= 15 is 0 Å². The van der Waals surface area contributed by atoms with Crippen molar-refractivity contribution in [2.75, 3.05) is 19.7 Å². The van der Waals surface area contributed by atoms with Crippen LogP contribution in [0.4, 0.5) is 0 Å². The average molecular weight is 205 g/mol. The lowest BCUT2D eigenvalue weighted by Crippen LogP contribution is -2.32. The molecule has 0 saturated carbocycles. The Morgan fingerprint density at radius 3 is 2.60 bits per heavy atom. The summed E-state index contributed by atoms with van der Waals surface area (Å²) >= 11 is 0. The molecule has 1 heterocycles. The van der Waals surface area contributed by atoms with Gasteiger partial charge < -0.3 is 10.1 Å². The van der Waals surface area contributed by atoms with Gasteiger partial charge in [-0.25, -0.2) is 0 Å². The van der Waals surface area contributed by atoms with E-state index in [9.17, 15) is 0 Å². The minimum Gasteiger partial charge on any atom is -0.378 e. The summed E-state index contributed by atoms with van der Waals surface area (Å²) in [7, 11) is 0. The molecule has 1 aliphatic rings. The molecular formula is C13H19NO. The molecule has 0 unspecified atom stereocenters. The highest BCUT2D eigenvalue weighted by atomic mass is 16.5. The Hall–Kier alpha value is -0.860. The summed E-state index contributed by atoms with van der Waals surface area (Å²) in [4.78, 5) is 0. The molecule has 0 atom stereocenters. The fourth-order valence-electron chi connectivity index (χ4n) is 1.95. The van der Waals surface area contributed by atoms with Crippen LogP contribution in [0, 0.1) is 0 Å². The lowest BCUT2D eigenvalue weighted by molar-refractivity contribution is 0.0349. The second-order valence-electron chi connectivity index (χ2n) is 4.06. The molecule has 0 amide bonds. The Balaban J connectivity index is 1.66. The van der Waals surface area contributed by atoms with Crippen LogP contribution in [0.15, 0.2) is 30.3 Å². The van der Waals surface area contributed by atoms with E-state index in [1.807, 2.05) is 0 Å². The normalized spacial score (nSPS) is 17.9. The van der Waals surface area contributed by atoms with Gasteiger partial charge in [-0.05, 0) is 37.9 Å². The van der Waals surface area contributed by atoms with E-state index in [1.54, 1.807) is 0 Å². The predicted molar refractivity (Wildman–Crippen MR) is 62.0 cm³/mol. The Labute approximate surface area is 91.6 Å². The van der Waals surface area contributed by atoms with Crippen molar-refractivity contribution in [2.45, 2.75) is 25.4 Å². The first kappa shape index (κ1) is 10.7. The van der Waals surface area contributed by atoms with E-state index in [-0.39, 0.29) is 0 Å². The number of benzene rings is 1. The second-order valence-corrected chi connectivity index (χ2v) is 4.06. The van der Waals surface area contributed by atoms with E-state index in [1.165, 1.54) is 5.56 Å². The van der Waals surface area contributed by atoms with Gasteiger partial charge in [0.25, 0.3) is 0 Å². The van der Waals surface area contributed by atoms with Crippen molar-refractivity contribution in [2.24, 2.45) is 0 Å². The van der Waals surface area contributed by atoms with E-state index in [4.69, 9.17) is 4.74 Å². The molecule has 1 fully saturated rings. The van der Waals surface area contributed by atoms with Crippen molar-refractivity contribution in [3.05, 3.63) is 35.9 Å². The molecule has 0 radical (unpaired) electrons. The van der Waals surface area contributed by atoms with Crippen LogP contribution < -0.4 is 5.32 Å². The number of ether oxygens (including phenoxy) is 1. The number of nitrogens with one attached hydrogen (secondary N) is 1. The molecule has 2 rings (SSSR count). The Morgan fingerprint density at radius 1 is 1.13 bits per heavy atom. The fraction of sp³-hybridized carbons (Fsp3) is 0.538. The summed E-state index contributed by atoms with van der Waals surface area (Å²) in [5, 5.41) is 3.34. The molecule has 82 valence electrons. The molecule has 1 aromatic rings. The zero-order valence-electron chi connectivity index (χ0n) is 9.11. The highest BCUT2D eigenvalue weighted by molar-refractivity contribution is 5.14. The molecule has 0 bridgehead atoms. The monoisotopic (exact) mass is 205 g/mol. The van der Waals surface area contributed by atoms with Crippen molar-refractivity contribution in [3.8, 4) is 0 Å². The standard InChI is InChI=1S/C13H19NO/c1-2-4-12(5-3-1)8-11-15-13-6-9-14-10-7-13/h1-5,13-14H,6-11H2. The maximum atomic E-state index is 5.85. The summed E-state index contributed by atoms with van der Waals surface area (Å²) in [5.74, 6) is 0. The largest absolute Gasteiger partial charge is 0.378 e. The first-order chi connectivity index (χ1) is 7.45. The molecule has 1 N–H and O–H groups in total. The van der Waals surface area contributed by atoms with Gasteiger partial charge in [0.15, 0.2) is 0 Å². The van der Waals surface area contributed by atoms with Crippen LogP contribution in [0.2, 0.25) is 0 Å². The minimum atomic E-state index is 0.481. The molecule has 0 spiro atoms. The topological polar surface area (TPSA) is 21.3 Å². The molecule has 1 saturated heterocycles. The molecule has 0 aromatic heterocycles. The van der Waals surface area contributed by atoms with Crippen molar-refractivity contribution in [1.29, 1.82) is 0 Å². The summed E-state index contributed by atoms with van der Waals surface area (Å²) in [6.45, 7) is 3.07. The highest BCUT2D eigenvalue weighted by Gasteiger charge is 2.12. The van der Waals surface area contributed by atoms with Gasteiger partial charge in [0.05, 0.1) is 12.7 Å². The second kappa shape index (κ2) is 5.89. The third kappa shape index (κ3) is 3.65. The van der Waals surface area contributed by atoms with Gasteiger partial charge in [0.2, 0.25) is 0 Å². The molecule has 2 nitrogen and oxygen atoms in total. The molecule has 1 aliphatic heterocycles. The molecule has 15 heavy (non-hydrogen) atoms. The Kier molecular flexibility index (Phi) is 4.18. The van der Waals surface area contributed by atoms with Crippen molar-refractivity contribution in [1.82, 2.24) is 5.32 Å². The first-order valence-corrected chi connectivity index (χ1v) is 5.81. The van der Waals surface area contributed by atoms with Crippen LogP contribution >= 0.6 is 0 Å². The summed E-state index contributed by atoms with van der Waals surface area (Å²) in [5.41, 5.74) is 1.37. The maximum absolute atomic E-state index is 5.85. The molecular weight excluding hydrogens is 186 g/mol. The average Bonchev–Trinajstić information content (AvgIpc) is 2.32. The molecule has 1 aromatic carbocycles. The zero-order chi connectivity index (χ0) is 10.3. The van der Waals surface area contributed by atoms with Crippen LogP contribution in [-0.2, 0) is 11.2 Å². The van der Waals surface area contributed by atoms with Gasteiger partial charge in [-0.15, -0.1) is 0 Å². The van der Waals surface area contributed by atoms with Crippen LogP contribution in [0.1, 0.15) is 18.4 Å². The maximum Gasteiger partial charge on any atom is 0.0599 e. The van der Waals surface area contributed by atoms with Gasteiger partial charge in [-0.3, -0.25) is 0 Å². The van der Waals surface area contributed by atoms with Crippen molar-refractivity contribution < 1.29 is 4.74 Å². The van der Waals surface area contributed by atoms with Gasteiger partial charge in [-0.2, -0.15) is 0 Å². The zero-order valence-corrected chi connectivity index (χ0v) is 9.11. The van der Waals surface area contributed by atoms with Crippen LogP contribution in [0.5, 0.6) is 0 Å². The summed E-state index contributed by atoms with van der Waals surface area (Å²) in [6.07, 6.45) is 3.84. The van der Waals surface area contributed by atoms with E-state index in [0.29, 0.717) is 6.10 Å². The van der Waals surface area contributed by atoms with Crippen LogP contribution in [0.3, 0.4) is 0 Å². The predicted octanol–water partition coefficient (Wildman–Crippen LogP) is 2.00. The first-order valence-electron chi connectivity index (χ1n) is 5.81. The Morgan fingerprint density at radius 2 is 1.87 bits per heavy atom. The smallest absolute Gasteiger partial charge is 0.0599 e. The van der Waals surface area contributed by atoms with E-state index < -0.39 is 0 Å². The molecule has 0 aliphatic carbocycles. The quantitative estimate of drug-likeness (QED) is 0.811. The van der Waals surface area contributed by atoms with Gasteiger partial charge in [-0.1, -0.05) is 30.3 Å².